The van der Waals surface area contributed by atoms with Crippen LogP contribution in [0.5, 0.6) is 0 Å². The number of aryl methyl sites for hydroxylation is 1. The van der Waals surface area contributed by atoms with Crippen molar-refractivity contribution in [2.75, 3.05) is 4.90 Å². The minimum Gasteiger partial charge on any atom is -0.246 e. The lowest BCUT2D eigenvalue weighted by molar-refractivity contribution is 0.229. The van der Waals surface area contributed by atoms with E-state index < -0.39 is 21.9 Å². The molecular weight excluding hydrogens is 381 g/mol. The molecule has 1 aliphatic heterocycles. The number of urea groups is 1. The maximum Gasteiger partial charge on any atom is 0.344 e. The molecule has 0 aliphatic carbocycles. The summed E-state index contributed by atoms with van der Waals surface area (Å²) >= 11 is 0. The lowest BCUT2D eigenvalue weighted by atomic mass is 10.1. The van der Waals surface area contributed by atoms with Crippen LogP contribution < -0.4 is 4.90 Å². The lowest BCUT2D eigenvalue weighted by Crippen LogP contribution is -2.48. The molecule has 1 aromatic heterocycles. The largest absolute Gasteiger partial charge is 0.344 e. The molecule has 2 amide bonds. The van der Waals surface area contributed by atoms with Gasteiger partial charge >= 0.3 is 6.03 Å². The van der Waals surface area contributed by atoms with Gasteiger partial charge in [0.2, 0.25) is 0 Å². The van der Waals surface area contributed by atoms with Gasteiger partial charge in [0.15, 0.2) is 5.82 Å². The van der Waals surface area contributed by atoms with Gasteiger partial charge in [-0.05, 0) is 48.4 Å². The van der Waals surface area contributed by atoms with E-state index in [1.807, 2.05) is 19.1 Å². The highest BCUT2D eigenvalue weighted by Crippen LogP contribution is 2.38. The first-order valence-corrected chi connectivity index (χ1v) is 9.95. The Morgan fingerprint density at radius 2 is 1.82 bits per heavy atom. The first-order chi connectivity index (χ1) is 13.4. The average Bonchev–Trinajstić information content (AvgIpc) is 2.67. The second-order valence-corrected chi connectivity index (χ2v) is 8.19. The van der Waals surface area contributed by atoms with Crippen LogP contribution in [0.4, 0.5) is 20.7 Å². The molecular formula is C20H16FN3O3S. The van der Waals surface area contributed by atoms with Gasteiger partial charge < -0.3 is 0 Å². The highest BCUT2D eigenvalue weighted by atomic mass is 32.2. The molecule has 142 valence electrons. The predicted octanol–water partition coefficient (Wildman–Crippen LogP) is 3.99. The first-order valence-electron chi connectivity index (χ1n) is 8.51. The zero-order chi connectivity index (χ0) is 19.9. The summed E-state index contributed by atoms with van der Waals surface area (Å²) < 4.78 is 40.9. The number of nitrogens with zero attached hydrogens (tertiary/aromatic N) is 3. The number of hydrogen-bond acceptors (Lipinski definition) is 4. The number of carbonyl (C=O) groups excluding carboxylic acids is 1. The summed E-state index contributed by atoms with van der Waals surface area (Å²) in [6, 6.07) is 14.7. The number of halogens is 1. The van der Waals surface area contributed by atoms with Gasteiger partial charge in [-0.1, -0.05) is 30.3 Å². The van der Waals surface area contributed by atoms with E-state index in [0.717, 1.165) is 14.8 Å². The third-order valence-corrected chi connectivity index (χ3v) is 6.32. The highest BCUT2D eigenvalue weighted by Gasteiger charge is 2.43. The van der Waals surface area contributed by atoms with Gasteiger partial charge in [-0.3, -0.25) is 0 Å². The fourth-order valence-corrected chi connectivity index (χ4v) is 4.58. The van der Waals surface area contributed by atoms with Gasteiger partial charge in [0, 0.05) is 6.20 Å². The Morgan fingerprint density at radius 3 is 2.57 bits per heavy atom. The van der Waals surface area contributed by atoms with Gasteiger partial charge in [0.05, 0.1) is 12.2 Å². The van der Waals surface area contributed by atoms with Gasteiger partial charge in [-0.2, -0.15) is 0 Å². The van der Waals surface area contributed by atoms with Gasteiger partial charge in [0.1, 0.15) is 10.7 Å². The smallest absolute Gasteiger partial charge is 0.246 e. The van der Waals surface area contributed by atoms with E-state index in [-0.39, 0.29) is 22.9 Å². The molecule has 28 heavy (non-hydrogen) atoms. The van der Waals surface area contributed by atoms with Crippen LogP contribution in [0.2, 0.25) is 0 Å². The Morgan fingerprint density at radius 1 is 1.04 bits per heavy atom. The molecule has 1 aliphatic rings. The fraction of sp³-hybridized carbons (Fsp3) is 0.100. The quantitative estimate of drug-likeness (QED) is 0.670. The van der Waals surface area contributed by atoms with E-state index in [1.165, 1.54) is 42.6 Å². The maximum atomic E-state index is 13.8. The average molecular weight is 397 g/mol. The summed E-state index contributed by atoms with van der Waals surface area (Å²) in [5.74, 6) is -0.583. The van der Waals surface area contributed by atoms with Crippen molar-refractivity contribution in [3.8, 4) is 0 Å². The topological polar surface area (TPSA) is 70.6 Å². The molecule has 0 N–H and O–H groups in total. The number of rotatable bonds is 3. The summed E-state index contributed by atoms with van der Waals surface area (Å²) in [4.78, 5) is 18.3. The Hall–Kier alpha value is -3.26. The summed E-state index contributed by atoms with van der Waals surface area (Å²) in [5, 5.41) is 0. The summed E-state index contributed by atoms with van der Waals surface area (Å²) in [6.07, 6.45) is 1.39. The zero-order valence-corrected chi connectivity index (χ0v) is 15.7. The Labute approximate surface area is 161 Å². The van der Waals surface area contributed by atoms with Crippen molar-refractivity contribution in [1.82, 2.24) is 9.29 Å². The fourth-order valence-electron chi connectivity index (χ4n) is 3.12. The number of aromatic nitrogens is 1. The van der Waals surface area contributed by atoms with E-state index in [2.05, 4.69) is 4.98 Å². The Kier molecular flexibility index (Phi) is 4.35. The second-order valence-electron chi connectivity index (χ2n) is 6.36. The van der Waals surface area contributed by atoms with E-state index in [0.29, 0.717) is 5.56 Å². The molecule has 0 atom stereocenters. The van der Waals surface area contributed by atoms with Crippen molar-refractivity contribution in [2.45, 2.75) is 18.4 Å². The minimum atomic E-state index is -4.11. The van der Waals surface area contributed by atoms with E-state index in [9.17, 15) is 17.6 Å². The third kappa shape index (κ3) is 2.91. The number of anilines is 2. The Bertz CT molecular complexity index is 1180. The summed E-state index contributed by atoms with van der Waals surface area (Å²) in [5.41, 5.74) is 1.76. The summed E-state index contributed by atoms with van der Waals surface area (Å²) in [7, 11) is -4.11. The molecule has 0 fully saturated rings. The van der Waals surface area contributed by atoms with Crippen LogP contribution in [0.3, 0.4) is 0 Å². The zero-order valence-electron chi connectivity index (χ0n) is 14.9. The number of amides is 2. The number of hydrogen-bond donors (Lipinski definition) is 0. The Balaban J connectivity index is 1.89. The van der Waals surface area contributed by atoms with Crippen molar-refractivity contribution in [2.24, 2.45) is 0 Å². The van der Waals surface area contributed by atoms with Crippen LogP contribution in [0.1, 0.15) is 11.1 Å². The van der Waals surface area contributed by atoms with E-state index in [1.54, 1.807) is 12.1 Å². The number of carbonyl (C=O) groups is 1. The standard InChI is InChI=1S/C20H16FN3O3S/c1-14-6-2-3-7-15(14)13-23-20(25)24(17-9-4-8-16(21)12-17)19-18(28(23,26)27)10-5-11-22-19/h2-12H,13H2,1H3. The van der Waals surface area contributed by atoms with E-state index >= 15 is 0 Å². The lowest BCUT2D eigenvalue weighted by Gasteiger charge is -2.35. The molecule has 4 rings (SSSR count). The molecule has 0 saturated heterocycles. The third-order valence-electron chi connectivity index (χ3n) is 4.58. The van der Waals surface area contributed by atoms with Gasteiger partial charge in [-0.15, -0.1) is 0 Å². The molecule has 2 heterocycles. The van der Waals surface area contributed by atoms with Crippen molar-refractivity contribution in [1.29, 1.82) is 0 Å². The monoisotopic (exact) mass is 397 g/mol. The highest BCUT2D eigenvalue weighted by molar-refractivity contribution is 7.90. The maximum absolute atomic E-state index is 13.8. The van der Waals surface area contributed by atoms with Crippen molar-refractivity contribution in [3.05, 3.63) is 83.8 Å². The molecule has 0 bridgehead atoms. The molecule has 2 aromatic carbocycles. The molecule has 3 aromatic rings. The van der Waals surface area contributed by atoms with Crippen molar-refractivity contribution in [3.63, 3.8) is 0 Å². The SMILES string of the molecule is Cc1ccccc1CN1C(=O)N(c2cccc(F)c2)c2ncccc2S1(=O)=O. The molecule has 0 saturated carbocycles. The van der Waals surface area contributed by atoms with Crippen LogP contribution in [-0.4, -0.2) is 23.7 Å². The summed E-state index contributed by atoms with van der Waals surface area (Å²) in [6.45, 7) is 1.71. The number of sulfonamides is 1. The predicted molar refractivity (Wildman–Crippen MR) is 102 cm³/mol. The van der Waals surface area contributed by atoms with Crippen LogP contribution in [0.15, 0.2) is 71.8 Å². The second kappa shape index (κ2) is 6.72. The molecule has 0 spiro atoms. The minimum absolute atomic E-state index is 0.0425. The van der Waals surface area contributed by atoms with Crippen LogP contribution in [-0.2, 0) is 16.6 Å². The van der Waals surface area contributed by atoms with Crippen LogP contribution >= 0.6 is 0 Å². The number of pyridine rings is 1. The van der Waals surface area contributed by atoms with E-state index in [4.69, 9.17) is 0 Å². The van der Waals surface area contributed by atoms with Crippen molar-refractivity contribution < 1.29 is 17.6 Å². The molecule has 6 nitrogen and oxygen atoms in total. The normalized spacial score (nSPS) is 15.4. The number of fused-ring (bicyclic) bond motifs is 1. The number of benzene rings is 2. The van der Waals surface area contributed by atoms with Gasteiger partial charge in [-0.25, -0.2) is 31.8 Å². The first kappa shape index (κ1) is 18.1. The van der Waals surface area contributed by atoms with Crippen LogP contribution in [0.25, 0.3) is 0 Å². The molecule has 8 heteroatoms. The van der Waals surface area contributed by atoms with Crippen molar-refractivity contribution >= 4 is 27.6 Å². The van der Waals surface area contributed by atoms with Gasteiger partial charge in [0.25, 0.3) is 10.0 Å². The van der Waals surface area contributed by atoms with Crippen LogP contribution in [0, 0.1) is 12.7 Å². The molecule has 0 radical (unpaired) electrons. The molecule has 0 unspecified atom stereocenters.